The number of carbonyl (C=O) groups is 3. The molecule has 1 rings (SSSR count). The van der Waals surface area contributed by atoms with E-state index in [1.54, 1.807) is 18.7 Å². The van der Waals surface area contributed by atoms with Gasteiger partial charge < -0.3 is 25.9 Å². The van der Waals surface area contributed by atoms with E-state index in [-0.39, 0.29) is 29.7 Å². The molecule has 0 aromatic rings. The fourth-order valence-electron chi connectivity index (χ4n) is 3.06. The van der Waals surface area contributed by atoms with E-state index in [0.717, 1.165) is 6.42 Å². The number of likely N-dealkylation sites (tertiary alicyclic amines) is 1. The summed E-state index contributed by atoms with van der Waals surface area (Å²) in [5.41, 5.74) is 3.94. The van der Waals surface area contributed by atoms with Crippen LogP contribution in [0.2, 0.25) is 0 Å². The molecule has 24 heavy (non-hydrogen) atoms. The summed E-state index contributed by atoms with van der Waals surface area (Å²) in [5.74, 6) is -1.57. The van der Waals surface area contributed by atoms with Crippen molar-refractivity contribution < 1.29 is 25.2 Å². The molecule has 1 saturated heterocycles. The molecule has 0 unspecified atom stereocenters. The van der Waals surface area contributed by atoms with Crippen LogP contribution < -0.4 is 16.2 Å². The van der Waals surface area contributed by atoms with Gasteiger partial charge in [0, 0.05) is 25.4 Å². The summed E-state index contributed by atoms with van der Waals surface area (Å²) in [7, 11) is 0. The highest BCUT2D eigenvalue weighted by Crippen LogP contribution is 2.19. The van der Waals surface area contributed by atoms with Gasteiger partial charge in [0.15, 0.2) is 6.04 Å². The molecule has 7 heteroatoms. The number of carboxylic acids is 1. The average Bonchev–Trinajstić information content (AvgIpc) is 2.50. The monoisotopic (exact) mass is 341 g/mol. The number of nitrogens with zero attached hydrogens (tertiary/aromatic N) is 1. The molecule has 0 saturated carbocycles. The lowest BCUT2D eigenvalue weighted by molar-refractivity contribution is -0.408. The van der Waals surface area contributed by atoms with E-state index >= 15 is 0 Å². The third-order valence-corrected chi connectivity index (χ3v) is 4.50. The summed E-state index contributed by atoms with van der Waals surface area (Å²) in [6.45, 7) is 8.60. The van der Waals surface area contributed by atoms with E-state index in [4.69, 9.17) is 0 Å². The van der Waals surface area contributed by atoms with Crippen molar-refractivity contribution in [1.82, 2.24) is 10.2 Å². The highest BCUT2D eigenvalue weighted by molar-refractivity contribution is 5.85. The van der Waals surface area contributed by atoms with Gasteiger partial charge in [0.25, 0.3) is 5.91 Å². The van der Waals surface area contributed by atoms with E-state index < -0.39 is 12.0 Å². The van der Waals surface area contributed by atoms with E-state index in [9.17, 15) is 19.5 Å². The Hall–Kier alpha value is -1.63. The second kappa shape index (κ2) is 9.01. The van der Waals surface area contributed by atoms with Crippen molar-refractivity contribution >= 4 is 17.8 Å². The van der Waals surface area contributed by atoms with Crippen LogP contribution in [0, 0.1) is 17.8 Å². The fraction of sp³-hybridized carbons (Fsp3) is 0.824. The van der Waals surface area contributed by atoms with Gasteiger partial charge in [-0.2, -0.15) is 0 Å². The van der Waals surface area contributed by atoms with Crippen LogP contribution in [0.15, 0.2) is 0 Å². The Balaban J connectivity index is 2.51. The van der Waals surface area contributed by atoms with Gasteiger partial charge >= 0.3 is 0 Å². The Bertz CT molecular complexity index is 457. The van der Waals surface area contributed by atoms with Crippen molar-refractivity contribution in [1.29, 1.82) is 0 Å². The van der Waals surface area contributed by atoms with Crippen molar-refractivity contribution in [2.24, 2.45) is 17.8 Å². The summed E-state index contributed by atoms with van der Waals surface area (Å²) in [4.78, 5) is 37.4. The molecular weight excluding hydrogens is 310 g/mol. The maximum atomic E-state index is 12.3. The second-order valence-electron chi connectivity index (χ2n) is 7.48. The first kappa shape index (κ1) is 20.4. The molecule has 1 fully saturated rings. The van der Waals surface area contributed by atoms with Gasteiger partial charge in [-0.1, -0.05) is 27.7 Å². The van der Waals surface area contributed by atoms with E-state index in [1.165, 1.54) is 0 Å². The minimum atomic E-state index is -1.26. The number of quaternary nitrogens is 1. The summed E-state index contributed by atoms with van der Waals surface area (Å²) in [5, 5.41) is 13.6. The predicted molar refractivity (Wildman–Crippen MR) is 87.2 cm³/mol. The van der Waals surface area contributed by atoms with Crippen molar-refractivity contribution in [3.05, 3.63) is 0 Å². The molecule has 0 radical (unpaired) electrons. The first-order valence-corrected chi connectivity index (χ1v) is 8.76. The highest BCUT2D eigenvalue weighted by Gasteiger charge is 2.32. The molecule has 0 bridgehead atoms. The number of rotatable bonds is 7. The number of aliphatic carboxylic acids is 1. The molecule has 7 nitrogen and oxygen atoms in total. The molecular formula is C17H31N3O4. The van der Waals surface area contributed by atoms with Crippen LogP contribution in [-0.4, -0.2) is 47.9 Å². The van der Waals surface area contributed by atoms with Gasteiger partial charge in [-0.3, -0.25) is 9.59 Å². The normalized spacial score (nSPS) is 18.5. The van der Waals surface area contributed by atoms with Crippen LogP contribution in [0.5, 0.6) is 0 Å². The third kappa shape index (κ3) is 5.78. The first-order chi connectivity index (χ1) is 11.1. The van der Waals surface area contributed by atoms with Crippen molar-refractivity contribution in [3.63, 3.8) is 0 Å². The lowest BCUT2D eigenvalue weighted by Gasteiger charge is -2.33. The van der Waals surface area contributed by atoms with Gasteiger partial charge in [0.1, 0.15) is 0 Å². The molecule has 1 heterocycles. The van der Waals surface area contributed by atoms with Gasteiger partial charge in [-0.25, -0.2) is 0 Å². The molecule has 0 spiro atoms. The lowest BCUT2D eigenvalue weighted by Crippen LogP contribution is -2.68. The van der Waals surface area contributed by atoms with Crippen LogP contribution in [-0.2, 0) is 14.4 Å². The Morgan fingerprint density at radius 3 is 2.12 bits per heavy atom. The quantitative estimate of drug-likeness (QED) is 0.603. The average molecular weight is 341 g/mol. The smallest absolute Gasteiger partial charge is 0.280 e. The number of nitrogens with one attached hydrogen (secondary N) is 1. The van der Waals surface area contributed by atoms with Crippen LogP contribution in [0.3, 0.4) is 0 Å². The minimum absolute atomic E-state index is 0.0392. The maximum Gasteiger partial charge on any atom is 0.280 e. The fourth-order valence-corrected chi connectivity index (χ4v) is 3.06. The molecule has 1 aliphatic rings. The van der Waals surface area contributed by atoms with Crippen LogP contribution in [0.25, 0.3) is 0 Å². The summed E-state index contributed by atoms with van der Waals surface area (Å²) >= 11 is 0. The van der Waals surface area contributed by atoms with Crippen molar-refractivity contribution in [2.75, 3.05) is 13.1 Å². The molecule has 0 aromatic carbocycles. The molecule has 0 aliphatic carbocycles. The molecule has 1 aliphatic heterocycles. The topological polar surface area (TPSA) is 117 Å². The SMILES string of the molecule is CC(C)C[C@H]([NH3+])C(=O)N1CCC(C(=O)N[C@H](C(=O)[O-])C(C)C)CC1. The molecule has 0 aromatic heterocycles. The van der Waals surface area contributed by atoms with Gasteiger partial charge in [-0.15, -0.1) is 0 Å². The third-order valence-electron chi connectivity index (χ3n) is 4.50. The zero-order chi connectivity index (χ0) is 18.4. The summed E-state index contributed by atoms with van der Waals surface area (Å²) < 4.78 is 0. The van der Waals surface area contributed by atoms with Gasteiger partial charge in [0.05, 0.1) is 12.0 Å². The largest absolute Gasteiger partial charge is 0.548 e. The summed E-state index contributed by atoms with van der Waals surface area (Å²) in [6.07, 6.45) is 1.84. The summed E-state index contributed by atoms with van der Waals surface area (Å²) in [6, 6.07) is -1.23. The molecule has 138 valence electrons. The highest BCUT2D eigenvalue weighted by atomic mass is 16.4. The predicted octanol–water partition coefficient (Wildman–Crippen LogP) is -1.23. The molecule has 4 N–H and O–H groups in total. The van der Waals surface area contributed by atoms with Crippen LogP contribution in [0.1, 0.15) is 47.0 Å². The van der Waals surface area contributed by atoms with E-state index in [1.807, 2.05) is 0 Å². The lowest BCUT2D eigenvalue weighted by atomic mass is 9.93. The van der Waals surface area contributed by atoms with Gasteiger partial charge in [0.2, 0.25) is 5.91 Å². The minimum Gasteiger partial charge on any atom is -0.548 e. The Morgan fingerprint density at radius 2 is 1.71 bits per heavy atom. The number of hydrogen-bond acceptors (Lipinski definition) is 4. The second-order valence-corrected chi connectivity index (χ2v) is 7.48. The van der Waals surface area contributed by atoms with Crippen LogP contribution >= 0.6 is 0 Å². The zero-order valence-corrected chi connectivity index (χ0v) is 15.2. The zero-order valence-electron chi connectivity index (χ0n) is 15.2. The van der Waals surface area contributed by atoms with E-state index in [0.29, 0.717) is 31.8 Å². The number of carboxylic acid groups (broad SMARTS) is 1. The Labute approximate surface area is 144 Å². The van der Waals surface area contributed by atoms with E-state index in [2.05, 4.69) is 24.9 Å². The van der Waals surface area contributed by atoms with Crippen molar-refractivity contribution in [2.45, 2.75) is 59.0 Å². The Morgan fingerprint density at radius 1 is 1.17 bits per heavy atom. The number of amides is 2. The number of piperidine rings is 1. The number of carbonyl (C=O) groups excluding carboxylic acids is 3. The van der Waals surface area contributed by atoms with Crippen LogP contribution in [0.4, 0.5) is 0 Å². The maximum absolute atomic E-state index is 12.3. The van der Waals surface area contributed by atoms with Crippen molar-refractivity contribution in [3.8, 4) is 0 Å². The molecule has 2 atom stereocenters. The molecule has 2 amide bonds. The number of hydrogen-bond donors (Lipinski definition) is 2. The first-order valence-electron chi connectivity index (χ1n) is 8.76. The standard InChI is InChI=1S/C17H31N3O4/c1-10(2)9-13(18)16(22)20-7-5-12(6-8-20)15(21)19-14(11(3)4)17(23)24/h10-14H,5-9,18H2,1-4H3,(H,19,21)(H,23,24)/t13-,14-/m0/s1. The Kier molecular flexibility index (Phi) is 7.66. The van der Waals surface area contributed by atoms with Gasteiger partial charge in [-0.05, 0) is 24.7 Å².